The van der Waals surface area contributed by atoms with Crippen molar-refractivity contribution in [1.82, 2.24) is 0 Å². The molecule has 424 valence electrons. The van der Waals surface area contributed by atoms with Crippen LogP contribution in [0.15, 0.2) is 0 Å². The van der Waals surface area contributed by atoms with Crippen LogP contribution in [-0.2, 0) is 0 Å². The van der Waals surface area contributed by atoms with E-state index >= 15 is 0 Å². The van der Waals surface area contributed by atoms with E-state index in [2.05, 4.69) is 49.7 Å². The molecule has 2 heteroatoms. The molecule has 0 amide bonds. The van der Waals surface area contributed by atoms with Gasteiger partial charge in [-0.15, -0.1) is 0 Å². The van der Waals surface area contributed by atoms with Crippen LogP contribution in [0.1, 0.15) is 413 Å². The van der Waals surface area contributed by atoms with Gasteiger partial charge in [0.05, 0.1) is 0 Å². The predicted octanol–water partition coefficient (Wildman–Crippen LogP) is 27.4. The Morgan fingerprint density at radius 1 is 0.143 bits per heavy atom. The van der Waals surface area contributed by atoms with Crippen molar-refractivity contribution in [2.24, 2.45) is 0 Å². The van der Waals surface area contributed by atoms with Crippen LogP contribution in [0.5, 0.6) is 0 Å². The molecule has 0 N–H and O–H groups in total. The molecule has 0 heterocycles. The molecule has 0 bridgehead atoms. The fourth-order valence-corrected chi connectivity index (χ4v) is 21.7. The van der Waals surface area contributed by atoms with E-state index in [1.165, 1.54) is 360 Å². The summed E-state index contributed by atoms with van der Waals surface area (Å²) < 4.78 is -1.75. The van der Waals surface area contributed by atoms with E-state index in [0.717, 1.165) is 0 Å². The Bertz CT molecular complexity index is 783. The van der Waals surface area contributed by atoms with E-state index in [-0.39, 0.29) is 0 Å². The van der Waals surface area contributed by atoms with Gasteiger partial charge in [-0.1, -0.05) is 130 Å². The molecule has 0 aliphatic carbocycles. The van der Waals surface area contributed by atoms with Crippen molar-refractivity contribution in [3.8, 4) is 0 Å². The number of unbranched alkanes of at least 4 members (excludes halogenated alkanes) is 56. The molecule has 0 rings (SSSR count). The first-order valence-electron chi connectivity index (χ1n) is 34.3. The Morgan fingerprint density at radius 2 is 0.229 bits per heavy atom. The summed E-state index contributed by atoms with van der Waals surface area (Å²) in [6.45, 7) is 9.34. The van der Waals surface area contributed by atoms with Gasteiger partial charge in [-0.3, -0.25) is 0 Å². The molecule has 0 aliphatic heterocycles. The normalized spacial score (nSPS) is 12.6. The maximum atomic E-state index is 3.34. The van der Waals surface area contributed by atoms with Crippen molar-refractivity contribution in [3.05, 3.63) is 0 Å². The molecule has 0 saturated heterocycles. The van der Waals surface area contributed by atoms with Gasteiger partial charge in [0.1, 0.15) is 0 Å². The topological polar surface area (TPSA) is 0 Å². The molecule has 70 heavy (non-hydrogen) atoms. The fraction of sp³-hybridized carbons (Fsp3) is 1.00. The minimum Gasteiger partial charge on any atom is -0.0654 e. The Labute approximate surface area is 460 Å². The Kier molecular flexibility index (Phi) is 60.4. The smallest absolute Gasteiger partial charge is 0.0654 e. The van der Waals surface area contributed by atoms with E-state index in [9.17, 15) is 0 Å². The molecular weight excluding hydrogens is 975 g/mol. The van der Waals surface area contributed by atoms with Crippen LogP contribution in [0.25, 0.3) is 0 Å². The maximum absolute atomic E-state index is 3.34. The molecule has 0 fully saturated rings. The zero-order chi connectivity index (χ0) is 50.7. The van der Waals surface area contributed by atoms with Crippen LogP contribution in [0, 0.1) is 0 Å². The van der Waals surface area contributed by atoms with Crippen molar-refractivity contribution in [2.45, 2.75) is 413 Å². The molecule has 0 saturated carbocycles. The van der Waals surface area contributed by atoms with Gasteiger partial charge in [-0.25, -0.2) is 0 Å². The van der Waals surface area contributed by atoms with Crippen LogP contribution in [0.3, 0.4) is 0 Å². The van der Waals surface area contributed by atoms with E-state index in [1.807, 2.05) is 0 Å². The van der Waals surface area contributed by atoms with Crippen LogP contribution < -0.4 is 0 Å². The van der Waals surface area contributed by atoms with Gasteiger partial charge in [0.25, 0.3) is 0 Å². The van der Waals surface area contributed by atoms with Crippen LogP contribution in [0.4, 0.5) is 0 Å². The second-order valence-corrected chi connectivity index (χ2v) is 38.1. The fourth-order valence-electron chi connectivity index (χ4n) is 12.2. The molecule has 0 nitrogen and oxygen atoms in total. The first kappa shape index (κ1) is 71.2. The quantitative estimate of drug-likeness (QED) is 0.0323. The summed E-state index contributed by atoms with van der Waals surface area (Å²) in [4.78, 5) is 0. The van der Waals surface area contributed by atoms with Gasteiger partial charge in [0, 0.05) is 0 Å². The molecule has 0 aromatic carbocycles. The zero-order valence-electron chi connectivity index (χ0n) is 50.1. The van der Waals surface area contributed by atoms with E-state index in [0.29, 0.717) is 0 Å². The summed E-state index contributed by atoms with van der Waals surface area (Å²) in [5.41, 5.74) is 0. The van der Waals surface area contributed by atoms with Crippen molar-refractivity contribution >= 4 is 26.3 Å². The van der Waals surface area contributed by atoms with Gasteiger partial charge in [0.15, 0.2) is 0 Å². The van der Waals surface area contributed by atoms with Gasteiger partial charge in [-0.2, -0.15) is 0 Å². The van der Waals surface area contributed by atoms with Crippen LogP contribution in [0.2, 0.25) is 0 Å². The van der Waals surface area contributed by atoms with Gasteiger partial charge in [0.2, 0.25) is 0 Å². The second kappa shape index (κ2) is 59.4. The summed E-state index contributed by atoms with van der Waals surface area (Å²) in [7, 11) is 0. The van der Waals surface area contributed by atoms with Crippen molar-refractivity contribution in [1.29, 1.82) is 0 Å². The Hall–Kier alpha value is 1.16. The minimum atomic E-state index is -1.75. The Morgan fingerprint density at radius 3 is 0.329 bits per heavy atom. The van der Waals surface area contributed by atoms with Crippen molar-refractivity contribution < 1.29 is 0 Å². The number of rotatable bonds is 64. The third-order valence-corrected chi connectivity index (χ3v) is 28.8. The molecule has 0 atom stereocenters. The molecule has 0 aromatic heterocycles. The number of halogens is 1. The van der Waals surface area contributed by atoms with E-state index < -0.39 is 4.25 Å². The first-order valence-corrected chi connectivity index (χ1v) is 40.0. The van der Waals surface area contributed by atoms with Crippen LogP contribution >= 0.6 is 26.3 Å². The molecular formula is C68H140IP. The second-order valence-electron chi connectivity index (χ2n) is 24.5. The average Bonchev–Trinajstić information content (AvgIpc) is 3.36. The molecule has 0 spiro atoms. The zero-order valence-corrected chi connectivity index (χ0v) is 53.1. The monoisotopic (exact) mass is 1110 g/mol. The minimum absolute atomic E-state index is 1.37. The third kappa shape index (κ3) is 54.0. The van der Waals surface area contributed by atoms with Crippen molar-refractivity contribution in [3.63, 3.8) is 0 Å². The van der Waals surface area contributed by atoms with E-state index in [4.69, 9.17) is 0 Å². The molecule has 0 radical (unpaired) electrons. The number of hydrogen-bond donors (Lipinski definition) is 0. The van der Waals surface area contributed by atoms with Crippen LogP contribution in [-0.4, -0.2) is 24.6 Å². The predicted molar refractivity (Wildman–Crippen MR) is 340 cm³/mol. The van der Waals surface area contributed by atoms with E-state index in [1.54, 1.807) is 50.3 Å². The SMILES string of the molecule is CCCCCCCCCCCCCCCCCP(I)(CCCCCCCCCCCCCCCCC)(CCCCCCCCCCCCCCCCC)CCCCCCCCCCCCCCCCC. The summed E-state index contributed by atoms with van der Waals surface area (Å²) >= 11 is 3.34. The summed E-state index contributed by atoms with van der Waals surface area (Å²) in [5, 5.41) is 0. The third-order valence-electron chi connectivity index (χ3n) is 17.3. The number of hydrogen-bond acceptors (Lipinski definition) is 0. The summed E-state index contributed by atoms with van der Waals surface area (Å²) in [5.74, 6) is 0. The van der Waals surface area contributed by atoms with Gasteiger partial charge < -0.3 is 0 Å². The summed E-state index contributed by atoms with van der Waals surface area (Å²) in [6, 6.07) is 0. The van der Waals surface area contributed by atoms with Crippen molar-refractivity contribution in [2.75, 3.05) is 24.6 Å². The summed E-state index contributed by atoms with van der Waals surface area (Å²) in [6.07, 6.45) is 95.8. The molecule has 0 aliphatic rings. The average molecular weight is 1120 g/mol. The Balaban J connectivity index is 5.09. The van der Waals surface area contributed by atoms with Gasteiger partial charge in [-0.05, 0) is 0 Å². The van der Waals surface area contributed by atoms with Gasteiger partial charge >= 0.3 is 333 Å². The molecule has 0 aromatic rings. The first-order chi connectivity index (χ1) is 34.5. The standard InChI is InChI=1S/C68H140IP/c1-5-9-13-17-21-25-29-33-37-41-45-49-53-57-61-65-70(69,66-62-58-54-50-46-42-38-34-30-26-22-18-14-10-6-2,67-63-59-55-51-47-43-39-35-31-27-23-19-15-11-7-3)68-64-60-56-52-48-44-40-36-32-28-24-20-16-12-8-4/h5-68H2,1-4H3. The molecule has 0 unspecified atom stereocenters.